The van der Waals surface area contributed by atoms with E-state index in [4.69, 9.17) is 34.8 Å². The Morgan fingerprint density at radius 2 is 1.56 bits per heavy atom. The van der Waals surface area contributed by atoms with Gasteiger partial charge in [0.2, 0.25) is 21.8 Å². The van der Waals surface area contributed by atoms with Crippen molar-refractivity contribution < 1.29 is 18.0 Å². The molecule has 0 bridgehead atoms. The molecule has 0 aliphatic heterocycles. The van der Waals surface area contributed by atoms with Gasteiger partial charge >= 0.3 is 0 Å². The smallest absolute Gasteiger partial charge is 0.244 e. The first-order valence-electron chi connectivity index (χ1n) is 12.3. The maximum absolute atomic E-state index is 14.0. The first kappa shape index (κ1) is 30.8. The quantitative estimate of drug-likeness (QED) is 0.290. The molecule has 3 aromatic carbocycles. The zero-order chi connectivity index (χ0) is 28.6. The van der Waals surface area contributed by atoms with Crippen LogP contribution in [0.25, 0.3) is 0 Å². The second kappa shape index (κ2) is 14.0. The number of hydrogen-bond acceptors (Lipinski definition) is 4. The molecule has 3 aromatic rings. The molecule has 7 nitrogen and oxygen atoms in total. The molecule has 0 radical (unpaired) electrons. The number of carbonyl (C=O) groups is 2. The number of carbonyl (C=O) groups excluding carboxylic acids is 2. The average molecular weight is 611 g/mol. The molecule has 3 rings (SSSR count). The molecule has 0 saturated carbocycles. The molecule has 0 saturated heterocycles. The van der Waals surface area contributed by atoms with E-state index in [2.05, 4.69) is 5.32 Å². The summed E-state index contributed by atoms with van der Waals surface area (Å²) in [6.07, 6.45) is 1.90. The van der Waals surface area contributed by atoms with E-state index in [0.717, 1.165) is 16.1 Å². The van der Waals surface area contributed by atoms with Gasteiger partial charge in [0.15, 0.2) is 0 Å². The summed E-state index contributed by atoms with van der Waals surface area (Å²) in [5.74, 6) is -0.977. The summed E-state index contributed by atoms with van der Waals surface area (Å²) in [5.41, 5.74) is 1.50. The molecule has 0 unspecified atom stereocenters. The number of benzene rings is 3. The standard InChI is InChI=1S/C28H30Cl3N3O4S/c1-3-15-32-28(36)26(16-20-9-5-4-6-10-20)33(18-23-24(30)13-8-14-25(23)31)27(35)19-34(39(2,37)38)22-12-7-11-21(29)17-22/h4-14,17,26H,3,15-16,18-19H2,1-2H3,(H,32,36)/t26-/m0/s1. The van der Waals surface area contributed by atoms with Crippen LogP contribution in [0.4, 0.5) is 5.69 Å². The SMILES string of the molecule is CCCNC(=O)[C@H](Cc1ccccc1)N(Cc1c(Cl)cccc1Cl)C(=O)CN(c1cccc(Cl)c1)S(C)(=O)=O. The van der Waals surface area contributed by atoms with Gasteiger partial charge in [0, 0.05) is 40.1 Å². The van der Waals surface area contributed by atoms with Crippen LogP contribution >= 0.6 is 34.8 Å². The number of halogens is 3. The zero-order valence-electron chi connectivity index (χ0n) is 21.6. The molecule has 11 heteroatoms. The molecule has 0 spiro atoms. The third kappa shape index (κ3) is 8.60. The lowest BCUT2D eigenvalue weighted by Gasteiger charge is -2.34. The van der Waals surface area contributed by atoms with Crippen molar-refractivity contribution in [2.45, 2.75) is 32.4 Å². The summed E-state index contributed by atoms with van der Waals surface area (Å²) in [6, 6.07) is 19.5. The maximum Gasteiger partial charge on any atom is 0.244 e. The lowest BCUT2D eigenvalue weighted by atomic mass is 10.0. The predicted octanol–water partition coefficient (Wildman–Crippen LogP) is 5.58. The fourth-order valence-corrected chi connectivity index (χ4v) is 5.56. The fourth-order valence-electron chi connectivity index (χ4n) is 4.02. The Hall–Kier alpha value is -2.78. The molecule has 0 fully saturated rings. The number of sulfonamides is 1. The predicted molar refractivity (Wildman–Crippen MR) is 158 cm³/mol. The number of nitrogens with one attached hydrogen (secondary N) is 1. The van der Waals surface area contributed by atoms with Gasteiger partial charge in [-0.05, 0) is 42.3 Å². The highest BCUT2D eigenvalue weighted by Gasteiger charge is 2.33. The maximum atomic E-state index is 14.0. The van der Waals surface area contributed by atoms with Crippen molar-refractivity contribution in [3.05, 3.63) is 99.0 Å². The van der Waals surface area contributed by atoms with Gasteiger partial charge < -0.3 is 10.2 Å². The van der Waals surface area contributed by atoms with Crippen LogP contribution in [0.3, 0.4) is 0 Å². The van der Waals surface area contributed by atoms with Crippen LogP contribution in [0.1, 0.15) is 24.5 Å². The first-order chi connectivity index (χ1) is 18.5. The summed E-state index contributed by atoms with van der Waals surface area (Å²) in [7, 11) is -3.90. The molecule has 1 atom stereocenters. The number of nitrogens with zero attached hydrogens (tertiary/aromatic N) is 2. The molecule has 39 heavy (non-hydrogen) atoms. The molecule has 208 valence electrons. The largest absolute Gasteiger partial charge is 0.354 e. The van der Waals surface area contributed by atoms with Crippen LogP contribution in [-0.2, 0) is 32.6 Å². The van der Waals surface area contributed by atoms with Crippen molar-refractivity contribution in [3.8, 4) is 0 Å². The van der Waals surface area contributed by atoms with Gasteiger partial charge in [0.1, 0.15) is 12.6 Å². The molecular formula is C28H30Cl3N3O4S. The average Bonchev–Trinajstić information content (AvgIpc) is 2.89. The van der Waals surface area contributed by atoms with Crippen LogP contribution in [0, 0.1) is 0 Å². The summed E-state index contributed by atoms with van der Waals surface area (Å²) in [5, 5.41) is 3.84. The first-order valence-corrected chi connectivity index (χ1v) is 15.3. The summed E-state index contributed by atoms with van der Waals surface area (Å²) < 4.78 is 26.6. The highest BCUT2D eigenvalue weighted by Crippen LogP contribution is 2.28. The topological polar surface area (TPSA) is 86.8 Å². The van der Waals surface area contributed by atoms with E-state index in [1.54, 1.807) is 36.4 Å². The van der Waals surface area contributed by atoms with Crippen LogP contribution in [0.15, 0.2) is 72.8 Å². The minimum atomic E-state index is -3.90. The Morgan fingerprint density at radius 3 is 2.15 bits per heavy atom. The minimum absolute atomic E-state index is 0.110. The summed E-state index contributed by atoms with van der Waals surface area (Å²) >= 11 is 19.0. The minimum Gasteiger partial charge on any atom is -0.354 e. The van der Waals surface area contributed by atoms with E-state index in [1.165, 1.54) is 11.0 Å². The third-order valence-corrected chi connectivity index (χ3v) is 8.07. The van der Waals surface area contributed by atoms with E-state index >= 15 is 0 Å². The lowest BCUT2D eigenvalue weighted by Crippen LogP contribution is -2.53. The fraction of sp³-hybridized carbons (Fsp3) is 0.286. The second-order valence-corrected chi connectivity index (χ2v) is 12.1. The number of amides is 2. The van der Waals surface area contributed by atoms with Crippen molar-refractivity contribution in [1.82, 2.24) is 10.2 Å². The van der Waals surface area contributed by atoms with Gasteiger partial charge in [-0.15, -0.1) is 0 Å². The Morgan fingerprint density at radius 1 is 0.923 bits per heavy atom. The van der Waals surface area contributed by atoms with Crippen molar-refractivity contribution in [3.63, 3.8) is 0 Å². The van der Waals surface area contributed by atoms with Gasteiger partial charge in [-0.3, -0.25) is 13.9 Å². The van der Waals surface area contributed by atoms with E-state index in [-0.39, 0.29) is 24.6 Å². The summed E-state index contributed by atoms with van der Waals surface area (Å²) in [6.45, 7) is 1.67. The highest BCUT2D eigenvalue weighted by atomic mass is 35.5. The van der Waals surface area contributed by atoms with E-state index in [0.29, 0.717) is 33.6 Å². The van der Waals surface area contributed by atoms with Crippen molar-refractivity contribution in [2.24, 2.45) is 0 Å². The van der Waals surface area contributed by atoms with Crippen LogP contribution < -0.4 is 9.62 Å². The van der Waals surface area contributed by atoms with E-state index in [1.807, 2.05) is 37.3 Å². The number of anilines is 1. The lowest BCUT2D eigenvalue weighted by molar-refractivity contribution is -0.140. The van der Waals surface area contributed by atoms with Crippen molar-refractivity contribution in [2.75, 3.05) is 23.7 Å². The van der Waals surface area contributed by atoms with Gasteiger partial charge in [0.25, 0.3) is 0 Å². The molecule has 2 amide bonds. The highest BCUT2D eigenvalue weighted by molar-refractivity contribution is 7.92. The molecule has 0 aromatic heterocycles. The molecule has 0 aliphatic carbocycles. The molecule has 1 N–H and O–H groups in total. The van der Waals surface area contributed by atoms with Gasteiger partial charge in [-0.1, -0.05) is 84.2 Å². The van der Waals surface area contributed by atoms with Crippen LogP contribution in [0.2, 0.25) is 15.1 Å². The van der Waals surface area contributed by atoms with Crippen LogP contribution in [-0.4, -0.2) is 50.5 Å². The number of rotatable bonds is 12. The Kier molecular flexibility index (Phi) is 11.1. The number of hydrogen-bond donors (Lipinski definition) is 1. The monoisotopic (exact) mass is 609 g/mol. The Balaban J connectivity index is 2.09. The van der Waals surface area contributed by atoms with Crippen LogP contribution in [0.5, 0.6) is 0 Å². The molecule has 0 heterocycles. The van der Waals surface area contributed by atoms with Gasteiger partial charge in [-0.25, -0.2) is 8.42 Å². The normalized spacial score (nSPS) is 12.0. The van der Waals surface area contributed by atoms with Crippen molar-refractivity contribution in [1.29, 1.82) is 0 Å². The Labute approximate surface area is 244 Å². The molecule has 0 aliphatic rings. The molecular weight excluding hydrogens is 581 g/mol. The Bertz CT molecular complexity index is 1380. The zero-order valence-corrected chi connectivity index (χ0v) is 24.7. The van der Waals surface area contributed by atoms with E-state index < -0.39 is 28.5 Å². The van der Waals surface area contributed by atoms with Gasteiger partial charge in [-0.2, -0.15) is 0 Å². The van der Waals surface area contributed by atoms with Gasteiger partial charge in [0.05, 0.1) is 11.9 Å². The second-order valence-electron chi connectivity index (χ2n) is 8.97. The summed E-state index contributed by atoms with van der Waals surface area (Å²) in [4.78, 5) is 28.8. The third-order valence-electron chi connectivity index (χ3n) is 5.99. The van der Waals surface area contributed by atoms with E-state index in [9.17, 15) is 18.0 Å². The van der Waals surface area contributed by atoms with Crippen molar-refractivity contribution >= 4 is 62.3 Å².